The van der Waals surface area contributed by atoms with Gasteiger partial charge in [-0.2, -0.15) is 0 Å². The van der Waals surface area contributed by atoms with Crippen LogP contribution in [0.5, 0.6) is 11.5 Å². The van der Waals surface area contributed by atoms with E-state index in [4.69, 9.17) is 4.74 Å². The minimum Gasteiger partial charge on any atom is -0.457 e. The summed E-state index contributed by atoms with van der Waals surface area (Å²) < 4.78 is 7.92. The first-order valence-corrected chi connectivity index (χ1v) is 9.22. The smallest absolute Gasteiger partial charge is 0.232 e. The Labute approximate surface area is 153 Å². The van der Waals surface area contributed by atoms with Crippen molar-refractivity contribution in [2.45, 2.75) is 12.5 Å². The van der Waals surface area contributed by atoms with Gasteiger partial charge in [-0.25, -0.2) is 4.98 Å². The lowest BCUT2D eigenvalue weighted by atomic mass is 9.87. The number of ether oxygens (including phenoxy) is 1. The Kier molecular flexibility index (Phi) is 3.50. The number of benzene rings is 2. The molecule has 1 aliphatic rings. The van der Waals surface area contributed by atoms with Crippen molar-refractivity contribution in [3.63, 3.8) is 0 Å². The maximum Gasteiger partial charge on any atom is 0.232 e. The summed E-state index contributed by atoms with van der Waals surface area (Å²) in [6, 6.07) is 15.4. The van der Waals surface area contributed by atoms with E-state index in [1.165, 1.54) is 0 Å². The van der Waals surface area contributed by atoms with Gasteiger partial charge >= 0.3 is 0 Å². The fourth-order valence-corrected chi connectivity index (χ4v) is 4.05. The molecule has 0 fully saturated rings. The fourth-order valence-electron chi connectivity index (χ4n) is 3.33. The van der Waals surface area contributed by atoms with Crippen molar-refractivity contribution in [3.8, 4) is 11.5 Å². The minimum absolute atomic E-state index is 0.0513. The molecule has 26 heavy (non-hydrogen) atoms. The average Bonchev–Trinajstić information content (AvgIpc) is 3.26. The third-order valence-corrected chi connectivity index (χ3v) is 5.30. The van der Waals surface area contributed by atoms with E-state index >= 15 is 0 Å². The number of imidazole rings is 1. The SMILES string of the molecule is O=C(NCc1cn2ccsc2n1)C1c2ccccc2Oc2ccccc21. The molecular weight excluding hydrogens is 346 g/mol. The zero-order valence-electron chi connectivity index (χ0n) is 13.8. The number of carbonyl (C=O) groups excluding carboxylic acids is 1. The molecule has 1 N–H and O–H groups in total. The maximum absolute atomic E-state index is 13.1. The van der Waals surface area contributed by atoms with Crippen LogP contribution >= 0.6 is 11.3 Å². The third kappa shape index (κ3) is 2.46. The molecule has 0 atom stereocenters. The number of amides is 1. The van der Waals surface area contributed by atoms with Gasteiger partial charge in [-0.1, -0.05) is 36.4 Å². The molecule has 1 amide bonds. The van der Waals surface area contributed by atoms with Gasteiger partial charge in [0, 0.05) is 28.9 Å². The average molecular weight is 361 g/mol. The van der Waals surface area contributed by atoms with Crippen LogP contribution in [0.15, 0.2) is 66.3 Å². The molecule has 0 unspecified atom stereocenters. The summed E-state index contributed by atoms with van der Waals surface area (Å²) in [7, 11) is 0. The monoisotopic (exact) mass is 361 g/mol. The van der Waals surface area contributed by atoms with Crippen LogP contribution in [-0.2, 0) is 11.3 Å². The second kappa shape index (κ2) is 6.00. The van der Waals surface area contributed by atoms with Crippen LogP contribution in [0.1, 0.15) is 22.7 Å². The number of carbonyl (C=O) groups is 1. The minimum atomic E-state index is -0.389. The highest BCUT2D eigenvalue weighted by Gasteiger charge is 2.32. The topological polar surface area (TPSA) is 55.6 Å². The first-order valence-electron chi connectivity index (χ1n) is 8.34. The van der Waals surface area contributed by atoms with Crippen molar-refractivity contribution >= 4 is 22.2 Å². The molecule has 3 heterocycles. The zero-order chi connectivity index (χ0) is 17.5. The quantitative estimate of drug-likeness (QED) is 0.601. The summed E-state index contributed by atoms with van der Waals surface area (Å²) in [5, 5.41) is 5.02. The van der Waals surface area contributed by atoms with Crippen LogP contribution in [0.4, 0.5) is 0 Å². The molecule has 5 rings (SSSR count). The molecule has 2 aromatic carbocycles. The van der Waals surface area contributed by atoms with Crippen LogP contribution in [-0.4, -0.2) is 15.3 Å². The van der Waals surface area contributed by atoms with E-state index < -0.39 is 0 Å². The number of thiazole rings is 1. The summed E-state index contributed by atoms with van der Waals surface area (Å²) in [5.74, 6) is 1.02. The number of nitrogens with zero attached hydrogens (tertiary/aromatic N) is 2. The van der Waals surface area contributed by atoms with Gasteiger partial charge in [-0.15, -0.1) is 11.3 Å². The van der Waals surface area contributed by atoms with Gasteiger partial charge in [0.05, 0.1) is 18.2 Å². The number of hydrogen-bond donors (Lipinski definition) is 1. The van der Waals surface area contributed by atoms with Gasteiger partial charge in [0.15, 0.2) is 4.96 Å². The standard InChI is InChI=1S/C20H15N3O2S/c24-19(21-11-13-12-23-9-10-26-20(23)22-13)18-14-5-1-3-7-16(14)25-17-8-4-2-6-15(17)18/h1-10,12,18H,11H2,(H,21,24). The molecule has 0 saturated carbocycles. The van der Waals surface area contributed by atoms with E-state index in [1.54, 1.807) is 11.3 Å². The number of fused-ring (bicyclic) bond motifs is 3. The molecule has 2 aromatic heterocycles. The molecule has 4 aromatic rings. The highest BCUT2D eigenvalue weighted by atomic mass is 32.1. The van der Waals surface area contributed by atoms with E-state index in [0.29, 0.717) is 6.54 Å². The number of aromatic nitrogens is 2. The molecule has 1 aliphatic heterocycles. The van der Waals surface area contributed by atoms with Crippen LogP contribution in [0, 0.1) is 0 Å². The Morgan fingerprint density at radius 1 is 1.12 bits per heavy atom. The second-order valence-electron chi connectivity index (χ2n) is 6.15. The molecule has 0 saturated heterocycles. The van der Waals surface area contributed by atoms with Gasteiger partial charge in [-0.05, 0) is 12.1 Å². The predicted molar refractivity (Wildman–Crippen MR) is 99.7 cm³/mol. The van der Waals surface area contributed by atoms with Crippen molar-refractivity contribution in [1.82, 2.24) is 14.7 Å². The van der Waals surface area contributed by atoms with E-state index in [1.807, 2.05) is 70.7 Å². The van der Waals surface area contributed by atoms with E-state index in [2.05, 4.69) is 10.3 Å². The molecule has 128 valence electrons. The first-order chi connectivity index (χ1) is 12.8. The number of hydrogen-bond acceptors (Lipinski definition) is 4. The van der Waals surface area contributed by atoms with Crippen LogP contribution in [0.3, 0.4) is 0 Å². The lowest BCUT2D eigenvalue weighted by Gasteiger charge is -2.27. The van der Waals surface area contributed by atoms with Crippen LogP contribution in [0.25, 0.3) is 4.96 Å². The second-order valence-corrected chi connectivity index (χ2v) is 7.03. The molecule has 0 aliphatic carbocycles. The van der Waals surface area contributed by atoms with Crippen LogP contribution in [0.2, 0.25) is 0 Å². The number of rotatable bonds is 3. The van der Waals surface area contributed by atoms with E-state index in [0.717, 1.165) is 33.3 Å². The molecule has 0 radical (unpaired) electrons. The van der Waals surface area contributed by atoms with Gasteiger partial charge in [0.2, 0.25) is 5.91 Å². The molecule has 5 nitrogen and oxygen atoms in total. The highest BCUT2D eigenvalue weighted by molar-refractivity contribution is 7.15. The van der Waals surface area contributed by atoms with Crippen molar-refractivity contribution in [3.05, 3.63) is 83.1 Å². The zero-order valence-corrected chi connectivity index (χ0v) is 14.6. The Morgan fingerprint density at radius 3 is 2.50 bits per heavy atom. The summed E-state index contributed by atoms with van der Waals surface area (Å²) in [6.45, 7) is 0.398. The largest absolute Gasteiger partial charge is 0.457 e. The van der Waals surface area contributed by atoms with Crippen molar-refractivity contribution < 1.29 is 9.53 Å². The van der Waals surface area contributed by atoms with Crippen molar-refractivity contribution in [1.29, 1.82) is 0 Å². The molecule has 0 spiro atoms. The molecule has 0 bridgehead atoms. The maximum atomic E-state index is 13.1. The highest BCUT2D eigenvalue weighted by Crippen LogP contribution is 2.43. The summed E-state index contributed by atoms with van der Waals surface area (Å²) in [4.78, 5) is 18.5. The third-order valence-electron chi connectivity index (χ3n) is 4.53. The van der Waals surface area contributed by atoms with Crippen LogP contribution < -0.4 is 10.1 Å². The Bertz CT molecular complexity index is 1040. The molecule has 6 heteroatoms. The Hall–Kier alpha value is -3.12. The number of para-hydroxylation sites is 2. The summed E-state index contributed by atoms with van der Waals surface area (Å²) in [6.07, 6.45) is 3.90. The van der Waals surface area contributed by atoms with Gasteiger partial charge in [0.25, 0.3) is 0 Å². The lowest BCUT2D eigenvalue weighted by molar-refractivity contribution is -0.122. The van der Waals surface area contributed by atoms with Gasteiger partial charge in [0.1, 0.15) is 11.5 Å². The van der Waals surface area contributed by atoms with E-state index in [-0.39, 0.29) is 11.8 Å². The van der Waals surface area contributed by atoms with Gasteiger partial charge < -0.3 is 10.1 Å². The van der Waals surface area contributed by atoms with E-state index in [9.17, 15) is 4.79 Å². The fraction of sp³-hybridized carbons (Fsp3) is 0.100. The summed E-state index contributed by atoms with van der Waals surface area (Å²) in [5.41, 5.74) is 2.61. The summed E-state index contributed by atoms with van der Waals surface area (Å²) >= 11 is 1.57. The molecular formula is C20H15N3O2S. The van der Waals surface area contributed by atoms with Crippen molar-refractivity contribution in [2.24, 2.45) is 0 Å². The van der Waals surface area contributed by atoms with Gasteiger partial charge in [-0.3, -0.25) is 9.20 Å². The predicted octanol–water partition coefficient (Wildman–Crippen LogP) is 3.95. The lowest BCUT2D eigenvalue weighted by Crippen LogP contribution is -2.31. The Balaban J connectivity index is 1.45. The normalized spacial score (nSPS) is 13.1. The first kappa shape index (κ1) is 15.2. The number of nitrogens with one attached hydrogen (secondary N) is 1. The Morgan fingerprint density at radius 2 is 1.81 bits per heavy atom. The van der Waals surface area contributed by atoms with Crippen molar-refractivity contribution in [2.75, 3.05) is 0 Å².